The number of benzene rings is 1. The molecule has 1 unspecified atom stereocenters. The van der Waals surface area contributed by atoms with E-state index in [-0.39, 0.29) is 16.7 Å². The van der Waals surface area contributed by atoms with Crippen molar-refractivity contribution in [1.82, 2.24) is 15.3 Å². The molecule has 1 atom stereocenters. The molecular formula is C14H17N3O2S. The van der Waals surface area contributed by atoms with Crippen molar-refractivity contribution in [3.63, 3.8) is 0 Å². The van der Waals surface area contributed by atoms with E-state index in [1.807, 2.05) is 18.2 Å². The fourth-order valence-corrected chi connectivity index (χ4v) is 4.08. The third-order valence-electron chi connectivity index (χ3n) is 3.60. The lowest BCUT2D eigenvalue weighted by molar-refractivity contribution is 0.403. The van der Waals surface area contributed by atoms with Gasteiger partial charge in [0.05, 0.1) is 23.0 Å². The Morgan fingerprint density at radius 2 is 2.05 bits per heavy atom. The molecule has 0 amide bonds. The molecule has 6 heteroatoms. The maximum absolute atomic E-state index is 12.4. The van der Waals surface area contributed by atoms with Crippen molar-refractivity contribution in [2.75, 3.05) is 18.8 Å². The molecule has 106 valence electrons. The van der Waals surface area contributed by atoms with E-state index in [1.54, 1.807) is 6.07 Å². The smallest absolute Gasteiger partial charge is 0.197 e. The lowest BCUT2D eigenvalue weighted by Gasteiger charge is -2.22. The van der Waals surface area contributed by atoms with Gasteiger partial charge in [-0.2, -0.15) is 0 Å². The Hall–Kier alpha value is -1.53. The Morgan fingerprint density at radius 3 is 2.80 bits per heavy atom. The monoisotopic (exact) mass is 291 g/mol. The normalized spacial score (nSPS) is 20.1. The molecule has 5 nitrogen and oxygen atoms in total. The molecule has 1 aliphatic heterocycles. The van der Waals surface area contributed by atoms with Gasteiger partial charge in [0, 0.05) is 0 Å². The predicted octanol–water partition coefficient (Wildman–Crippen LogP) is 1.40. The second-order valence-corrected chi connectivity index (χ2v) is 7.17. The molecule has 1 fully saturated rings. The summed E-state index contributed by atoms with van der Waals surface area (Å²) >= 11 is 0. The molecule has 1 aromatic heterocycles. The van der Waals surface area contributed by atoms with Gasteiger partial charge in [-0.3, -0.25) is 4.98 Å². The highest BCUT2D eigenvalue weighted by Gasteiger charge is 2.24. The minimum Gasteiger partial charge on any atom is -0.316 e. The summed E-state index contributed by atoms with van der Waals surface area (Å²) in [4.78, 5) is 8.42. The van der Waals surface area contributed by atoms with Gasteiger partial charge in [-0.05, 0) is 44.0 Å². The number of fused-ring (bicyclic) bond motifs is 1. The molecule has 0 spiro atoms. The van der Waals surface area contributed by atoms with Crippen molar-refractivity contribution < 1.29 is 8.42 Å². The lowest BCUT2D eigenvalue weighted by atomic mass is 10.0. The highest BCUT2D eigenvalue weighted by atomic mass is 32.2. The Morgan fingerprint density at radius 1 is 1.25 bits per heavy atom. The minimum atomic E-state index is -3.36. The van der Waals surface area contributed by atoms with Crippen LogP contribution in [0.15, 0.2) is 35.5 Å². The number of hydrogen-bond donors (Lipinski definition) is 1. The summed E-state index contributed by atoms with van der Waals surface area (Å²) in [5.41, 5.74) is 1.33. The van der Waals surface area contributed by atoms with Crippen molar-refractivity contribution in [1.29, 1.82) is 0 Å². The summed E-state index contributed by atoms with van der Waals surface area (Å²) in [5.74, 6) is 0.314. The summed E-state index contributed by atoms with van der Waals surface area (Å²) in [6.45, 7) is 1.74. The Labute approximate surface area is 118 Å². The molecule has 20 heavy (non-hydrogen) atoms. The third kappa shape index (κ3) is 2.81. The van der Waals surface area contributed by atoms with E-state index < -0.39 is 9.84 Å². The van der Waals surface area contributed by atoms with Crippen LogP contribution in [-0.4, -0.2) is 37.2 Å². The average Bonchev–Trinajstić information content (AvgIpc) is 2.47. The fourth-order valence-electron chi connectivity index (χ4n) is 2.55. The van der Waals surface area contributed by atoms with Crippen molar-refractivity contribution >= 4 is 20.9 Å². The number of nitrogens with zero attached hydrogens (tertiary/aromatic N) is 2. The molecular weight excluding hydrogens is 274 g/mol. The standard InChI is InChI=1S/C14H17N3O2S/c18-20(19,10-11-4-3-7-15-8-11)14-9-16-12-5-1-2-6-13(12)17-14/h1-2,5-6,9,11,15H,3-4,7-8,10H2. The van der Waals surface area contributed by atoms with Gasteiger partial charge in [0.25, 0.3) is 0 Å². The molecule has 0 radical (unpaired) electrons. The van der Waals surface area contributed by atoms with Gasteiger partial charge in [-0.15, -0.1) is 0 Å². The first-order valence-electron chi connectivity index (χ1n) is 6.80. The van der Waals surface area contributed by atoms with Crippen molar-refractivity contribution in [3.8, 4) is 0 Å². The van der Waals surface area contributed by atoms with Gasteiger partial charge < -0.3 is 5.32 Å². The van der Waals surface area contributed by atoms with E-state index in [9.17, 15) is 8.42 Å². The Bertz CT molecular complexity index is 709. The van der Waals surface area contributed by atoms with E-state index in [4.69, 9.17) is 0 Å². The SMILES string of the molecule is O=S(=O)(CC1CCCNC1)c1cnc2ccccc2n1. The topological polar surface area (TPSA) is 72.0 Å². The summed E-state index contributed by atoms with van der Waals surface area (Å²) in [6.07, 6.45) is 3.35. The van der Waals surface area contributed by atoms with Gasteiger partial charge in [-0.1, -0.05) is 12.1 Å². The molecule has 0 saturated carbocycles. The van der Waals surface area contributed by atoms with Crippen LogP contribution in [-0.2, 0) is 9.84 Å². The van der Waals surface area contributed by atoms with Gasteiger partial charge in [0.15, 0.2) is 14.9 Å². The molecule has 1 aliphatic rings. The van der Waals surface area contributed by atoms with Crippen LogP contribution in [0.4, 0.5) is 0 Å². The van der Waals surface area contributed by atoms with E-state index >= 15 is 0 Å². The number of nitrogens with one attached hydrogen (secondary N) is 1. The van der Waals surface area contributed by atoms with Crippen LogP contribution in [0.2, 0.25) is 0 Å². The second-order valence-electron chi connectivity index (χ2n) is 5.19. The largest absolute Gasteiger partial charge is 0.316 e. The highest BCUT2D eigenvalue weighted by Crippen LogP contribution is 2.18. The van der Waals surface area contributed by atoms with Gasteiger partial charge in [0.2, 0.25) is 0 Å². The number of aromatic nitrogens is 2. The van der Waals surface area contributed by atoms with Crippen LogP contribution in [0, 0.1) is 5.92 Å². The molecule has 2 aromatic rings. The zero-order chi connectivity index (χ0) is 14.0. The minimum absolute atomic E-state index is 0.0850. The van der Waals surface area contributed by atoms with Crippen LogP contribution < -0.4 is 5.32 Å². The first kappa shape index (κ1) is 13.5. The molecule has 2 heterocycles. The highest BCUT2D eigenvalue weighted by molar-refractivity contribution is 7.91. The number of para-hydroxylation sites is 2. The summed E-state index contributed by atoms with van der Waals surface area (Å²) in [5, 5.41) is 3.32. The van der Waals surface area contributed by atoms with Crippen molar-refractivity contribution in [2.45, 2.75) is 17.9 Å². The molecule has 0 aliphatic carbocycles. The maximum Gasteiger partial charge on any atom is 0.197 e. The zero-order valence-electron chi connectivity index (χ0n) is 11.1. The quantitative estimate of drug-likeness (QED) is 0.925. The zero-order valence-corrected chi connectivity index (χ0v) is 11.9. The number of rotatable bonds is 3. The van der Waals surface area contributed by atoms with E-state index in [0.717, 1.165) is 25.9 Å². The van der Waals surface area contributed by atoms with E-state index in [1.165, 1.54) is 6.20 Å². The van der Waals surface area contributed by atoms with Gasteiger partial charge in [0.1, 0.15) is 0 Å². The fraction of sp³-hybridized carbons (Fsp3) is 0.429. The van der Waals surface area contributed by atoms with Gasteiger partial charge in [-0.25, -0.2) is 13.4 Å². The number of hydrogen-bond acceptors (Lipinski definition) is 5. The predicted molar refractivity (Wildman–Crippen MR) is 77.2 cm³/mol. The first-order valence-corrected chi connectivity index (χ1v) is 8.46. The van der Waals surface area contributed by atoms with Crippen molar-refractivity contribution in [3.05, 3.63) is 30.5 Å². The van der Waals surface area contributed by atoms with Crippen LogP contribution in [0.25, 0.3) is 11.0 Å². The van der Waals surface area contributed by atoms with Crippen LogP contribution in [0.5, 0.6) is 0 Å². The Kier molecular flexibility index (Phi) is 3.67. The van der Waals surface area contributed by atoms with Crippen LogP contribution >= 0.6 is 0 Å². The number of sulfone groups is 1. The summed E-state index contributed by atoms with van der Waals surface area (Å²) < 4.78 is 24.8. The summed E-state index contributed by atoms with van der Waals surface area (Å²) in [6, 6.07) is 7.30. The second kappa shape index (κ2) is 5.46. The molecule has 1 saturated heterocycles. The Balaban J connectivity index is 1.88. The van der Waals surface area contributed by atoms with E-state index in [2.05, 4.69) is 15.3 Å². The summed E-state index contributed by atoms with van der Waals surface area (Å²) in [7, 11) is -3.36. The third-order valence-corrected chi connectivity index (χ3v) is 5.34. The van der Waals surface area contributed by atoms with Gasteiger partial charge >= 0.3 is 0 Å². The molecule has 1 aromatic carbocycles. The van der Waals surface area contributed by atoms with Crippen LogP contribution in [0.3, 0.4) is 0 Å². The molecule has 1 N–H and O–H groups in total. The van der Waals surface area contributed by atoms with E-state index in [0.29, 0.717) is 11.0 Å². The molecule has 3 rings (SSSR count). The molecule has 0 bridgehead atoms. The first-order chi connectivity index (χ1) is 9.65. The average molecular weight is 291 g/mol. The number of piperidine rings is 1. The lowest BCUT2D eigenvalue weighted by Crippen LogP contribution is -2.34. The van der Waals surface area contributed by atoms with Crippen molar-refractivity contribution in [2.24, 2.45) is 5.92 Å². The van der Waals surface area contributed by atoms with Crippen LogP contribution in [0.1, 0.15) is 12.8 Å². The maximum atomic E-state index is 12.4.